The second kappa shape index (κ2) is 5.61. The molecule has 2 N–H and O–H groups in total. The molecule has 0 aliphatic heterocycles. The van der Waals surface area contributed by atoms with Crippen molar-refractivity contribution in [3.05, 3.63) is 23.9 Å². The third kappa shape index (κ3) is 3.15. The van der Waals surface area contributed by atoms with E-state index < -0.39 is 5.97 Å². The van der Waals surface area contributed by atoms with Gasteiger partial charge in [-0.05, 0) is 30.4 Å². The monoisotopic (exact) mass is 276 g/mol. The summed E-state index contributed by atoms with van der Waals surface area (Å²) in [6.45, 7) is 4.22. The van der Waals surface area contributed by atoms with Gasteiger partial charge in [0.15, 0.2) is 5.69 Å². The van der Waals surface area contributed by atoms with Crippen LogP contribution in [0.15, 0.2) is 18.2 Å². The van der Waals surface area contributed by atoms with E-state index in [1.807, 2.05) is 0 Å². The van der Waals surface area contributed by atoms with Gasteiger partial charge in [0.25, 0.3) is 0 Å². The maximum absolute atomic E-state index is 12.4. The number of aromatic nitrogens is 1. The number of amides is 1. The van der Waals surface area contributed by atoms with Crippen LogP contribution in [0.3, 0.4) is 0 Å². The molecule has 1 saturated carbocycles. The maximum Gasteiger partial charge on any atom is 0.354 e. The normalized spacial score (nSPS) is 21.2. The first kappa shape index (κ1) is 14.5. The molecule has 1 aromatic heterocycles. The molecule has 5 heteroatoms. The molecule has 108 valence electrons. The van der Waals surface area contributed by atoms with Crippen LogP contribution in [-0.2, 0) is 4.79 Å². The average Bonchev–Trinajstić information content (AvgIpc) is 2.38. The minimum atomic E-state index is -1.10. The number of carbonyl (C=O) groups is 2. The average molecular weight is 276 g/mol. The molecule has 2 rings (SSSR count). The summed E-state index contributed by atoms with van der Waals surface area (Å²) >= 11 is 0. The molecule has 1 aliphatic carbocycles. The molecule has 0 spiro atoms. The molecular weight excluding hydrogens is 256 g/mol. The van der Waals surface area contributed by atoms with Crippen molar-refractivity contribution in [2.24, 2.45) is 11.3 Å². The highest BCUT2D eigenvalue weighted by atomic mass is 16.4. The molecule has 1 atom stereocenters. The number of nitrogens with one attached hydrogen (secondary N) is 1. The minimum absolute atomic E-state index is 0.0211. The smallest absolute Gasteiger partial charge is 0.354 e. The number of anilines is 1. The molecule has 1 heterocycles. The Balaban J connectivity index is 2.11. The summed E-state index contributed by atoms with van der Waals surface area (Å²) in [6, 6.07) is 4.60. The van der Waals surface area contributed by atoms with E-state index in [9.17, 15) is 9.59 Å². The Hall–Kier alpha value is -1.91. The SMILES string of the molecule is CC1(C)CCCCC1C(=O)Nc1cccc(C(=O)O)n1. The Morgan fingerprint density at radius 3 is 2.75 bits per heavy atom. The van der Waals surface area contributed by atoms with Crippen molar-refractivity contribution in [3.8, 4) is 0 Å². The van der Waals surface area contributed by atoms with Crippen molar-refractivity contribution in [1.29, 1.82) is 0 Å². The number of hydrogen-bond acceptors (Lipinski definition) is 3. The van der Waals surface area contributed by atoms with Crippen LogP contribution in [0.5, 0.6) is 0 Å². The number of aromatic carboxylic acids is 1. The zero-order valence-corrected chi connectivity index (χ0v) is 11.8. The van der Waals surface area contributed by atoms with Crippen molar-refractivity contribution in [3.63, 3.8) is 0 Å². The Bertz CT molecular complexity index is 526. The third-order valence-corrected chi connectivity index (χ3v) is 4.04. The summed E-state index contributed by atoms with van der Waals surface area (Å²) in [5.74, 6) is -0.911. The second-order valence-electron chi connectivity index (χ2n) is 5.99. The van der Waals surface area contributed by atoms with Crippen molar-refractivity contribution in [1.82, 2.24) is 4.98 Å². The lowest BCUT2D eigenvalue weighted by Gasteiger charge is -2.37. The van der Waals surface area contributed by atoms with Crippen LogP contribution in [0.25, 0.3) is 0 Å². The molecule has 1 amide bonds. The van der Waals surface area contributed by atoms with Gasteiger partial charge in [0.05, 0.1) is 0 Å². The van der Waals surface area contributed by atoms with E-state index in [1.165, 1.54) is 6.07 Å². The van der Waals surface area contributed by atoms with E-state index in [-0.39, 0.29) is 22.9 Å². The number of nitrogens with zero attached hydrogens (tertiary/aromatic N) is 1. The zero-order chi connectivity index (χ0) is 14.8. The van der Waals surface area contributed by atoms with Crippen LogP contribution in [0.2, 0.25) is 0 Å². The van der Waals surface area contributed by atoms with Gasteiger partial charge < -0.3 is 10.4 Å². The van der Waals surface area contributed by atoms with Gasteiger partial charge in [0.1, 0.15) is 5.82 Å². The zero-order valence-electron chi connectivity index (χ0n) is 11.8. The fourth-order valence-electron chi connectivity index (χ4n) is 2.82. The highest BCUT2D eigenvalue weighted by Crippen LogP contribution is 2.40. The summed E-state index contributed by atoms with van der Waals surface area (Å²) in [5, 5.41) is 11.6. The van der Waals surface area contributed by atoms with E-state index in [0.29, 0.717) is 5.82 Å². The fraction of sp³-hybridized carbons (Fsp3) is 0.533. The predicted octanol–water partition coefficient (Wildman–Crippen LogP) is 2.93. The Morgan fingerprint density at radius 1 is 1.35 bits per heavy atom. The lowest BCUT2D eigenvalue weighted by molar-refractivity contribution is -0.124. The lowest BCUT2D eigenvalue weighted by atomic mass is 9.68. The van der Waals surface area contributed by atoms with E-state index in [4.69, 9.17) is 5.11 Å². The van der Waals surface area contributed by atoms with E-state index in [1.54, 1.807) is 12.1 Å². The van der Waals surface area contributed by atoms with Crippen LogP contribution < -0.4 is 5.32 Å². The van der Waals surface area contributed by atoms with Crippen molar-refractivity contribution >= 4 is 17.7 Å². The highest BCUT2D eigenvalue weighted by Gasteiger charge is 2.37. The number of carboxylic acid groups (broad SMARTS) is 1. The first-order valence-corrected chi connectivity index (χ1v) is 6.91. The number of hydrogen-bond donors (Lipinski definition) is 2. The van der Waals surface area contributed by atoms with Gasteiger partial charge in [-0.15, -0.1) is 0 Å². The van der Waals surface area contributed by atoms with Crippen LogP contribution in [-0.4, -0.2) is 22.0 Å². The molecule has 1 aliphatic rings. The van der Waals surface area contributed by atoms with Crippen LogP contribution in [0, 0.1) is 11.3 Å². The topological polar surface area (TPSA) is 79.3 Å². The molecule has 5 nitrogen and oxygen atoms in total. The second-order valence-corrected chi connectivity index (χ2v) is 5.99. The molecule has 1 aromatic rings. The summed E-state index contributed by atoms with van der Waals surface area (Å²) in [5.41, 5.74) is -0.0853. The summed E-state index contributed by atoms with van der Waals surface area (Å²) in [6.07, 6.45) is 4.12. The summed E-state index contributed by atoms with van der Waals surface area (Å²) < 4.78 is 0. The quantitative estimate of drug-likeness (QED) is 0.889. The van der Waals surface area contributed by atoms with Crippen molar-refractivity contribution in [2.45, 2.75) is 39.5 Å². The maximum atomic E-state index is 12.4. The molecule has 1 unspecified atom stereocenters. The molecule has 0 radical (unpaired) electrons. The Labute approximate surface area is 118 Å². The molecule has 0 aromatic carbocycles. The molecule has 20 heavy (non-hydrogen) atoms. The van der Waals surface area contributed by atoms with Crippen LogP contribution >= 0.6 is 0 Å². The summed E-state index contributed by atoms with van der Waals surface area (Å²) in [7, 11) is 0. The van der Waals surface area contributed by atoms with E-state index in [0.717, 1.165) is 25.7 Å². The standard InChI is InChI=1S/C15H20N2O3/c1-15(2)9-4-3-6-10(15)13(18)17-12-8-5-7-11(16-12)14(19)20/h5,7-8,10H,3-4,6,9H2,1-2H3,(H,19,20)(H,16,17,18). The first-order valence-electron chi connectivity index (χ1n) is 6.91. The Kier molecular flexibility index (Phi) is 4.06. The van der Waals surface area contributed by atoms with E-state index >= 15 is 0 Å². The lowest BCUT2D eigenvalue weighted by Crippen LogP contribution is -2.37. The summed E-state index contributed by atoms with van der Waals surface area (Å²) in [4.78, 5) is 27.2. The van der Waals surface area contributed by atoms with Crippen LogP contribution in [0.1, 0.15) is 50.0 Å². The third-order valence-electron chi connectivity index (χ3n) is 4.04. The number of carbonyl (C=O) groups excluding carboxylic acids is 1. The molecular formula is C15H20N2O3. The molecule has 0 bridgehead atoms. The van der Waals surface area contributed by atoms with Gasteiger partial charge in [-0.25, -0.2) is 9.78 Å². The largest absolute Gasteiger partial charge is 0.477 e. The predicted molar refractivity (Wildman–Crippen MR) is 75.6 cm³/mol. The molecule has 0 saturated heterocycles. The van der Waals surface area contributed by atoms with Gasteiger partial charge in [0, 0.05) is 5.92 Å². The molecule has 1 fully saturated rings. The van der Waals surface area contributed by atoms with Crippen molar-refractivity contribution < 1.29 is 14.7 Å². The van der Waals surface area contributed by atoms with Gasteiger partial charge >= 0.3 is 5.97 Å². The minimum Gasteiger partial charge on any atom is -0.477 e. The van der Waals surface area contributed by atoms with Gasteiger partial charge in [-0.1, -0.05) is 32.8 Å². The van der Waals surface area contributed by atoms with E-state index in [2.05, 4.69) is 24.1 Å². The van der Waals surface area contributed by atoms with Crippen molar-refractivity contribution in [2.75, 3.05) is 5.32 Å². The number of carboxylic acids is 1. The number of pyridine rings is 1. The highest BCUT2D eigenvalue weighted by molar-refractivity contribution is 5.93. The first-order chi connectivity index (χ1) is 9.40. The Morgan fingerprint density at radius 2 is 2.10 bits per heavy atom. The van der Waals surface area contributed by atoms with Gasteiger partial charge in [0.2, 0.25) is 5.91 Å². The fourth-order valence-corrected chi connectivity index (χ4v) is 2.82. The van der Waals surface area contributed by atoms with Gasteiger partial charge in [-0.2, -0.15) is 0 Å². The number of rotatable bonds is 3. The van der Waals surface area contributed by atoms with Crippen LogP contribution in [0.4, 0.5) is 5.82 Å². The van der Waals surface area contributed by atoms with Gasteiger partial charge in [-0.3, -0.25) is 4.79 Å².